The highest BCUT2D eigenvalue weighted by Crippen LogP contribution is 2.29. The van der Waals surface area contributed by atoms with Crippen LogP contribution in [0.1, 0.15) is 12.8 Å². The van der Waals surface area contributed by atoms with E-state index in [1.165, 1.54) is 15.6 Å². The molecule has 3 heterocycles. The van der Waals surface area contributed by atoms with E-state index in [0.29, 0.717) is 31.0 Å². The number of nitrogen functional groups attached to an aromatic ring is 1. The Labute approximate surface area is 126 Å². The van der Waals surface area contributed by atoms with Gasteiger partial charge in [-0.1, -0.05) is 0 Å². The summed E-state index contributed by atoms with van der Waals surface area (Å²) in [6, 6.07) is -0.0708. The van der Waals surface area contributed by atoms with Crippen LogP contribution >= 0.6 is 11.3 Å². The van der Waals surface area contributed by atoms with E-state index in [-0.39, 0.29) is 16.9 Å². The van der Waals surface area contributed by atoms with Crippen molar-refractivity contribution < 1.29 is 13.2 Å². The van der Waals surface area contributed by atoms with E-state index in [1.807, 2.05) is 0 Å². The molecule has 2 aromatic heterocycles. The van der Waals surface area contributed by atoms with Gasteiger partial charge in [0.25, 0.3) is 10.0 Å². The summed E-state index contributed by atoms with van der Waals surface area (Å²) in [4.78, 5) is 4.78. The molecule has 0 saturated carbocycles. The van der Waals surface area contributed by atoms with E-state index in [4.69, 9.17) is 10.6 Å². The molecule has 0 unspecified atom stereocenters. The summed E-state index contributed by atoms with van der Waals surface area (Å²) >= 11 is 1.35. The van der Waals surface area contributed by atoms with Gasteiger partial charge >= 0.3 is 0 Å². The Morgan fingerprint density at radius 1 is 1.52 bits per heavy atom. The number of ether oxygens (including phenoxy) is 1. The van der Waals surface area contributed by atoms with Gasteiger partial charge in [0, 0.05) is 37.9 Å². The number of sulfonamides is 1. The summed E-state index contributed by atoms with van der Waals surface area (Å²) in [6.45, 7) is 1.15. The average Bonchev–Trinajstić information content (AvgIpc) is 3.06. The van der Waals surface area contributed by atoms with E-state index in [2.05, 4.69) is 10.4 Å². The number of nitrogens with one attached hydrogen (secondary N) is 1. The number of hydrogen-bond acceptors (Lipinski definition) is 7. The molecule has 1 saturated heterocycles. The van der Waals surface area contributed by atoms with Crippen LogP contribution in [0.4, 0.5) is 5.82 Å². The van der Waals surface area contributed by atoms with Crippen molar-refractivity contribution in [2.24, 2.45) is 5.84 Å². The van der Waals surface area contributed by atoms with Gasteiger partial charge in [0.1, 0.15) is 0 Å². The van der Waals surface area contributed by atoms with Crippen molar-refractivity contribution in [1.29, 1.82) is 0 Å². The van der Waals surface area contributed by atoms with Gasteiger partial charge < -0.3 is 10.2 Å². The summed E-state index contributed by atoms with van der Waals surface area (Å²) in [5.74, 6) is 5.59. The first-order valence-corrected chi connectivity index (χ1v) is 8.85. The maximum absolute atomic E-state index is 12.9. The van der Waals surface area contributed by atoms with Crippen LogP contribution in [-0.4, -0.2) is 48.4 Å². The van der Waals surface area contributed by atoms with E-state index in [9.17, 15) is 8.42 Å². The predicted molar refractivity (Wildman–Crippen MR) is 79.7 cm³/mol. The zero-order chi connectivity index (χ0) is 15.0. The number of hydrazine groups is 1. The zero-order valence-corrected chi connectivity index (χ0v) is 13.2. The van der Waals surface area contributed by atoms with Crippen LogP contribution in [0, 0.1) is 0 Å². The maximum atomic E-state index is 12.9. The SMILES string of the molecule is CN(C1CCOCC1)S(=O)(=O)c1c(NN)nc2sccn12. The second kappa shape index (κ2) is 5.54. The second-order valence-corrected chi connectivity index (χ2v) is 7.62. The topological polar surface area (TPSA) is 102 Å². The highest BCUT2D eigenvalue weighted by Gasteiger charge is 2.34. The van der Waals surface area contributed by atoms with Crippen molar-refractivity contribution in [2.75, 3.05) is 25.7 Å². The lowest BCUT2D eigenvalue weighted by molar-refractivity contribution is 0.0631. The fourth-order valence-electron chi connectivity index (χ4n) is 2.49. The highest BCUT2D eigenvalue weighted by molar-refractivity contribution is 7.89. The Bertz CT molecular complexity index is 732. The molecular formula is C11H17N5O3S2. The van der Waals surface area contributed by atoms with Crippen LogP contribution in [0.5, 0.6) is 0 Å². The van der Waals surface area contributed by atoms with E-state index in [0.717, 1.165) is 0 Å². The largest absolute Gasteiger partial charge is 0.381 e. The molecule has 1 fully saturated rings. The second-order valence-electron chi connectivity index (χ2n) is 4.83. The molecule has 0 aliphatic carbocycles. The van der Waals surface area contributed by atoms with Crippen LogP contribution in [0.25, 0.3) is 4.96 Å². The van der Waals surface area contributed by atoms with E-state index < -0.39 is 10.0 Å². The molecule has 0 atom stereocenters. The normalized spacial score (nSPS) is 17.7. The molecule has 3 rings (SSSR count). The minimum absolute atomic E-state index is 0.0708. The lowest BCUT2D eigenvalue weighted by Gasteiger charge is -2.30. The smallest absolute Gasteiger partial charge is 0.262 e. The molecule has 0 bridgehead atoms. The molecule has 3 N–H and O–H groups in total. The monoisotopic (exact) mass is 331 g/mol. The fourth-order valence-corrected chi connectivity index (χ4v) is 4.88. The number of thiazole rings is 1. The third-order valence-corrected chi connectivity index (χ3v) is 6.38. The third-order valence-electron chi connectivity index (χ3n) is 3.68. The molecule has 1 aliphatic rings. The summed E-state index contributed by atoms with van der Waals surface area (Å²) in [5.41, 5.74) is 2.38. The number of nitrogens with zero attached hydrogens (tertiary/aromatic N) is 3. The number of fused-ring (bicyclic) bond motifs is 1. The van der Waals surface area contributed by atoms with Gasteiger partial charge in [0.05, 0.1) is 0 Å². The molecular weight excluding hydrogens is 314 g/mol. The molecule has 1 aliphatic heterocycles. The van der Waals surface area contributed by atoms with Crippen molar-refractivity contribution in [1.82, 2.24) is 13.7 Å². The van der Waals surface area contributed by atoms with Gasteiger partial charge in [-0.15, -0.1) is 11.3 Å². The zero-order valence-electron chi connectivity index (χ0n) is 11.5. The minimum Gasteiger partial charge on any atom is -0.381 e. The van der Waals surface area contributed by atoms with Crippen molar-refractivity contribution in [3.63, 3.8) is 0 Å². The summed E-state index contributed by atoms with van der Waals surface area (Å²) in [6.07, 6.45) is 3.05. The van der Waals surface area contributed by atoms with Crippen molar-refractivity contribution >= 4 is 32.1 Å². The third kappa shape index (κ3) is 2.42. The van der Waals surface area contributed by atoms with Crippen LogP contribution in [0.15, 0.2) is 16.6 Å². The van der Waals surface area contributed by atoms with E-state index in [1.54, 1.807) is 23.0 Å². The summed E-state index contributed by atoms with van der Waals surface area (Å²) < 4.78 is 34.1. The Morgan fingerprint density at radius 2 is 2.24 bits per heavy atom. The van der Waals surface area contributed by atoms with Gasteiger partial charge in [-0.2, -0.15) is 9.29 Å². The molecule has 10 heteroatoms. The quantitative estimate of drug-likeness (QED) is 0.624. The number of rotatable bonds is 4. The first kappa shape index (κ1) is 14.7. The molecule has 0 radical (unpaired) electrons. The van der Waals surface area contributed by atoms with Gasteiger partial charge in [0.2, 0.25) is 5.03 Å². The van der Waals surface area contributed by atoms with Gasteiger partial charge in [-0.05, 0) is 12.8 Å². The Kier molecular flexibility index (Phi) is 3.88. The van der Waals surface area contributed by atoms with Crippen molar-refractivity contribution in [2.45, 2.75) is 23.9 Å². The molecule has 21 heavy (non-hydrogen) atoms. The first-order chi connectivity index (χ1) is 10.1. The van der Waals surface area contributed by atoms with Crippen LogP contribution in [0.2, 0.25) is 0 Å². The first-order valence-electron chi connectivity index (χ1n) is 6.53. The Balaban J connectivity index is 2.04. The van der Waals surface area contributed by atoms with Crippen molar-refractivity contribution in [3.05, 3.63) is 11.6 Å². The van der Waals surface area contributed by atoms with Crippen molar-refractivity contribution in [3.8, 4) is 0 Å². The summed E-state index contributed by atoms with van der Waals surface area (Å²) in [7, 11) is -2.10. The van der Waals surface area contributed by atoms with Crippen LogP contribution in [-0.2, 0) is 14.8 Å². The van der Waals surface area contributed by atoms with Gasteiger partial charge in [-0.3, -0.25) is 4.40 Å². The molecule has 2 aromatic rings. The van der Waals surface area contributed by atoms with Gasteiger partial charge in [-0.25, -0.2) is 14.3 Å². The molecule has 8 nitrogen and oxygen atoms in total. The lowest BCUT2D eigenvalue weighted by atomic mass is 10.1. The van der Waals surface area contributed by atoms with Gasteiger partial charge in [0.15, 0.2) is 10.8 Å². The van der Waals surface area contributed by atoms with Crippen LogP contribution < -0.4 is 11.3 Å². The fraction of sp³-hybridized carbons (Fsp3) is 0.545. The number of nitrogens with two attached hydrogens (primary N) is 1. The van der Waals surface area contributed by atoms with E-state index >= 15 is 0 Å². The maximum Gasteiger partial charge on any atom is 0.262 e. The Hall–Kier alpha value is -1.20. The lowest BCUT2D eigenvalue weighted by Crippen LogP contribution is -2.41. The molecule has 0 aromatic carbocycles. The number of imidazole rings is 1. The number of anilines is 1. The molecule has 116 valence electrons. The summed E-state index contributed by atoms with van der Waals surface area (Å²) in [5, 5.41) is 1.87. The molecule has 0 spiro atoms. The minimum atomic E-state index is -3.69. The predicted octanol–water partition coefficient (Wildman–Crippen LogP) is 0.481. The highest BCUT2D eigenvalue weighted by atomic mass is 32.2. The average molecular weight is 331 g/mol. The standard InChI is InChI=1S/C11H17N5O3S2/c1-15(8-2-5-19-6-3-8)21(17,18)10-9(14-12)13-11-16(10)4-7-20-11/h4,7-8,14H,2-3,5-6,12H2,1H3. The number of aromatic nitrogens is 2. The Morgan fingerprint density at radius 3 is 2.90 bits per heavy atom. The number of hydrogen-bond donors (Lipinski definition) is 2. The van der Waals surface area contributed by atoms with Crippen LogP contribution in [0.3, 0.4) is 0 Å². The molecule has 0 amide bonds.